The summed E-state index contributed by atoms with van der Waals surface area (Å²) in [6, 6.07) is 0. The first kappa shape index (κ1) is 11.8. The van der Waals surface area contributed by atoms with Gasteiger partial charge in [-0.1, -0.05) is 0 Å². The summed E-state index contributed by atoms with van der Waals surface area (Å²) >= 11 is 2.51. The molecule has 8 heavy (non-hydrogen) atoms. The number of carbonyl (C=O) groups excluding carboxylic acids is 1. The first-order valence-corrected chi connectivity index (χ1v) is 3.45. The Morgan fingerprint density at radius 2 is 2.00 bits per heavy atom. The molecule has 0 bridgehead atoms. The van der Waals surface area contributed by atoms with E-state index in [9.17, 15) is 4.79 Å². The predicted molar refractivity (Wildman–Crippen MR) is 33.3 cm³/mol. The first-order valence-electron chi connectivity index (χ1n) is 2.46. The molecule has 0 rings (SSSR count). The zero-order chi connectivity index (χ0) is 5.54. The summed E-state index contributed by atoms with van der Waals surface area (Å²) in [5, 5.41) is 1.14. The van der Waals surface area contributed by atoms with Crippen LogP contribution in [0, 0.1) is 0 Å². The Kier molecular flexibility index (Phi) is 16.1. The summed E-state index contributed by atoms with van der Waals surface area (Å²) in [5.41, 5.74) is 0. The molecule has 44 valence electrons. The molecule has 0 heterocycles. The molecule has 0 aromatic rings. The fourth-order valence-electron chi connectivity index (χ4n) is 0.339. The molecule has 1 nitrogen and oxygen atoms in total. The summed E-state index contributed by atoms with van der Waals surface area (Å²) in [6.07, 6.45) is 3.93. The second kappa shape index (κ2) is 10.9. The van der Waals surface area contributed by atoms with Crippen LogP contribution in [0.1, 0.15) is 19.3 Å². The smallest absolute Gasteiger partial charge is 0.316 e. The van der Waals surface area contributed by atoms with Gasteiger partial charge in [0.2, 0.25) is 0 Å². The molecular formula is C5H11MgOV. The summed E-state index contributed by atoms with van der Waals surface area (Å²) in [5.74, 6) is 0. The normalized spacial score (nSPS) is 7.50. The first-order chi connectivity index (χ1) is 3.41. The average molecular weight is 162 g/mol. The standard InChI is InChI=1S/C5H9O.Mg.V.2H/c1-2-3-4-5-6;;;;/h5H,1-4H2;;;;. The number of rotatable bonds is 4. The maximum Gasteiger partial charge on any atom is 0.316 e. The molecule has 0 aliphatic rings. The Morgan fingerprint density at radius 3 is 2.38 bits per heavy atom. The van der Waals surface area contributed by atoms with Crippen LogP contribution in [-0.4, -0.2) is 29.3 Å². The van der Waals surface area contributed by atoms with E-state index < -0.39 is 0 Å². The minimum atomic E-state index is 0. The van der Waals surface area contributed by atoms with Crippen LogP contribution >= 0.6 is 0 Å². The third kappa shape index (κ3) is 10.1. The van der Waals surface area contributed by atoms with Crippen LogP contribution in [-0.2, 0) is 22.2 Å². The van der Waals surface area contributed by atoms with E-state index in [1.807, 2.05) is 0 Å². The van der Waals surface area contributed by atoms with Crippen LogP contribution in [0.5, 0.6) is 0 Å². The van der Waals surface area contributed by atoms with Crippen molar-refractivity contribution in [3.63, 3.8) is 0 Å². The molecule has 0 amide bonds. The topological polar surface area (TPSA) is 17.1 Å². The Bertz CT molecular complexity index is 49.7. The Balaban J connectivity index is 0. The summed E-state index contributed by atoms with van der Waals surface area (Å²) in [6.45, 7) is 0. The van der Waals surface area contributed by atoms with Crippen LogP contribution in [0.4, 0.5) is 0 Å². The van der Waals surface area contributed by atoms with E-state index in [0.29, 0.717) is 0 Å². The number of aldehydes is 1. The number of carbonyl (C=O) groups is 1. The van der Waals surface area contributed by atoms with E-state index in [1.165, 1.54) is 6.42 Å². The van der Waals surface area contributed by atoms with Gasteiger partial charge in [0.1, 0.15) is 0 Å². The predicted octanol–water partition coefficient (Wildman–Crippen LogP) is 0.404. The molecule has 0 spiro atoms. The molecule has 0 atom stereocenters. The van der Waals surface area contributed by atoms with E-state index in [4.69, 9.17) is 0 Å². The van der Waals surface area contributed by atoms with Crippen molar-refractivity contribution in [2.45, 2.75) is 24.4 Å². The van der Waals surface area contributed by atoms with Crippen molar-refractivity contribution in [3.05, 3.63) is 0 Å². The zero-order valence-corrected chi connectivity index (χ0v) is 5.66. The minimum Gasteiger partial charge on any atom is 0.316 e. The van der Waals surface area contributed by atoms with Gasteiger partial charge in [-0.2, -0.15) is 0 Å². The molecule has 0 saturated carbocycles. The molecule has 0 unspecified atom stereocenters. The van der Waals surface area contributed by atoms with E-state index >= 15 is 0 Å². The third-order valence-corrected chi connectivity index (χ3v) is 1.22. The molecule has 3 heteroatoms. The fraction of sp³-hybridized carbons (Fsp3) is 0.800. The molecule has 0 N–H and O–H groups in total. The van der Waals surface area contributed by atoms with Gasteiger partial charge in [-0.3, -0.25) is 0 Å². The summed E-state index contributed by atoms with van der Waals surface area (Å²) < 4.78 is 0. The molecule has 0 aromatic carbocycles. The Morgan fingerprint density at radius 1 is 1.38 bits per heavy atom. The molecule has 0 saturated heterocycles. The van der Waals surface area contributed by atoms with Gasteiger partial charge in [0, 0.05) is 0 Å². The van der Waals surface area contributed by atoms with E-state index in [1.54, 1.807) is 0 Å². The van der Waals surface area contributed by atoms with Gasteiger partial charge in [-0.05, 0) is 0 Å². The van der Waals surface area contributed by atoms with Crippen LogP contribution < -0.4 is 0 Å². The van der Waals surface area contributed by atoms with Gasteiger partial charge in [-0.15, -0.1) is 0 Å². The van der Waals surface area contributed by atoms with Gasteiger partial charge in [0.15, 0.2) is 0 Å². The minimum absolute atomic E-state index is 0. The van der Waals surface area contributed by atoms with E-state index in [-0.39, 0.29) is 23.1 Å². The fourth-order valence-corrected chi connectivity index (χ4v) is 0.689. The summed E-state index contributed by atoms with van der Waals surface area (Å²) in [7, 11) is 0. The second-order valence-electron chi connectivity index (χ2n) is 1.39. The van der Waals surface area contributed by atoms with E-state index in [0.717, 1.165) is 24.3 Å². The maximum atomic E-state index is 9.67. The molecule has 0 aliphatic heterocycles. The van der Waals surface area contributed by atoms with Crippen molar-refractivity contribution in [2.24, 2.45) is 0 Å². The van der Waals surface area contributed by atoms with Gasteiger partial charge in [-0.25, -0.2) is 0 Å². The van der Waals surface area contributed by atoms with Gasteiger partial charge >= 0.3 is 76.0 Å². The SMILES string of the molecule is O=CCCC[CH2][V].[MgH2]. The largest absolute Gasteiger partial charge is 0.316 e. The zero-order valence-electron chi connectivity index (χ0n) is 4.26. The van der Waals surface area contributed by atoms with E-state index in [2.05, 4.69) is 17.4 Å². The molecule has 0 radical (unpaired) electrons. The average Bonchev–Trinajstić information content (AvgIpc) is 1.69. The monoisotopic (exact) mass is 162 g/mol. The van der Waals surface area contributed by atoms with Gasteiger partial charge in [0.05, 0.1) is 0 Å². The van der Waals surface area contributed by atoms with Crippen LogP contribution in [0.15, 0.2) is 0 Å². The molecular weight excluding hydrogens is 151 g/mol. The van der Waals surface area contributed by atoms with Crippen molar-refractivity contribution in [2.75, 3.05) is 0 Å². The quantitative estimate of drug-likeness (QED) is 0.332. The molecule has 0 aromatic heterocycles. The van der Waals surface area contributed by atoms with Crippen molar-refractivity contribution in [3.8, 4) is 0 Å². The second-order valence-corrected chi connectivity index (χ2v) is 2.08. The van der Waals surface area contributed by atoms with Crippen molar-refractivity contribution >= 4 is 29.3 Å². The van der Waals surface area contributed by atoms with Crippen molar-refractivity contribution in [1.29, 1.82) is 0 Å². The summed E-state index contributed by atoms with van der Waals surface area (Å²) in [4.78, 5) is 9.67. The number of hydrogen-bond acceptors (Lipinski definition) is 1. The number of unbranched alkanes of at least 4 members (excludes halogenated alkanes) is 2. The molecule has 0 fully saturated rings. The van der Waals surface area contributed by atoms with Crippen LogP contribution in [0.3, 0.4) is 0 Å². The van der Waals surface area contributed by atoms with Crippen molar-refractivity contribution < 1.29 is 22.2 Å². The number of hydrogen-bond donors (Lipinski definition) is 0. The maximum absolute atomic E-state index is 9.67. The van der Waals surface area contributed by atoms with Gasteiger partial charge in [0.25, 0.3) is 0 Å². The van der Waals surface area contributed by atoms with Crippen molar-refractivity contribution in [1.82, 2.24) is 0 Å². The third-order valence-electron chi connectivity index (χ3n) is 0.730. The Labute approximate surface area is 75.7 Å². The van der Waals surface area contributed by atoms with Gasteiger partial charge < -0.3 is 0 Å². The Hall–Kier alpha value is 1.02. The molecule has 0 aliphatic carbocycles. The van der Waals surface area contributed by atoms with Crippen LogP contribution in [0.2, 0.25) is 5.13 Å². The van der Waals surface area contributed by atoms with Crippen LogP contribution in [0.25, 0.3) is 0 Å².